The predicted octanol–water partition coefficient (Wildman–Crippen LogP) is 0.268. The zero-order valence-electron chi connectivity index (χ0n) is 6.16. The molecule has 4 nitrogen and oxygen atoms in total. The van der Waals surface area contributed by atoms with Crippen LogP contribution in [-0.4, -0.2) is 16.2 Å². The summed E-state index contributed by atoms with van der Waals surface area (Å²) in [7, 11) is 0. The van der Waals surface area contributed by atoms with Gasteiger partial charge in [-0.15, -0.1) is 10.2 Å². The number of aryl methyl sites for hydroxylation is 1. The van der Waals surface area contributed by atoms with Crippen LogP contribution in [0.1, 0.15) is 18.7 Å². The highest BCUT2D eigenvalue weighted by Gasteiger charge is 2.03. The van der Waals surface area contributed by atoms with Crippen LogP contribution < -0.4 is 5.73 Å². The van der Waals surface area contributed by atoms with Gasteiger partial charge in [0.2, 0.25) is 11.8 Å². The quantitative estimate of drug-likeness (QED) is 0.642. The molecule has 0 aliphatic carbocycles. The third-order valence-electron chi connectivity index (χ3n) is 1.06. The Morgan fingerprint density at radius 1 is 1.60 bits per heavy atom. The van der Waals surface area contributed by atoms with Crippen LogP contribution >= 0.6 is 0 Å². The molecule has 0 saturated heterocycles. The van der Waals surface area contributed by atoms with Crippen LogP contribution in [0.3, 0.4) is 0 Å². The average molecular weight is 141 g/mol. The number of rotatable bonds is 2. The van der Waals surface area contributed by atoms with Gasteiger partial charge in [-0.2, -0.15) is 0 Å². The summed E-state index contributed by atoms with van der Waals surface area (Å²) in [6.45, 7) is 3.66. The van der Waals surface area contributed by atoms with Crippen LogP contribution in [0.5, 0.6) is 0 Å². The van der Waals surface area contributed by atoms with E-state index in [0.29, 0.717) is 18.2 Å². The fourth-order valence-electron chi connectivity index (χ4n) is 0.695. The predicted molar refractivity (Wildman–Crippen MR) is 36.4 cm³/mol. The first-order chi connectivity index (χ1) is 4.68. The lowest BCUT2D eigenvalue weighted by Gasteiger charge is -1.96. The lowest BCUT2D eigenvalue weighted by atomic mass is 10.2. The van der Waals surface area contributed by atoms with Crippen molar-refractivity contribution >= 4 is 0 Å². The minimum Gasteiger partial charge on any atom is -0.426 e. The summed E-state index contributed by atoms with van der Waals surface area (Å²) in [5.74, 6) is 1.21. The summed E-state index contributed by atoms with van der Waals surface area (Å²) in [6, 6.07) is 0.0832. The number of aromatic nitrogens is 2. The van der Waals surface area contributed by atoms with Gasteiger partial charge < -0.3 is 10.2 Å². The van der Waals surface area contributed by atoms with E-state index in [0.717, 1.165) is 0 Å². The molecular formula is C6H11N3O. The van der Waals surface area contributed by atoms with Gasteiger partial charge >= 0.3 is 0 Å². The van der Waals surface area contributed by atoms with E-state index in [-0.39, 0.29) is 6.04 Å². The minimum atomic E-state index is 0.0832. The summed E-state index contributed by atoms with van der Waals surface area (Å²) < 4.78 is 5.09. The molecule has 1 aromatic heterocycles. The van der Waals surface area contributed by atoms with Crippen molar-refractivity contribution < 1.29 is 4.42 Å². The highest BCUT2D eigenvalue weighted by molar-refractivity contribution is 4.81. The van der Waals surface area contributed by atoms with E-state index >= 15 is 0 Å². The Bertz CT molecular complexity index is 207. The lowest BCUT2D eigenvalue weighted by molar-refractivity contribution is 0.454. The third-order valence-corrected chi connectivity index (χ3v) is 1.06. The highest BCUT2D eigenvalue weighted by Crippen LogP contribution is 1.99. The Labute approximate surface area is 59.4 Å². The van der Waals surface area contributed by atoms with Crippen molar-refractivity contribution in [1.82, 2.24) is 10.2 Å². The highest BCUT2D eigenvalue weighted by atomic mass is 16.4. The second kappa shape index (κ2) is 2.79. The van der Waals surface area contributed by atoms with Gasteiger partial charge in [0, 0.05) is 19.4 Å². The summed E-state index contributed by atoms with van der Waals surface area (Å²) >= 11 is 0. The van der Waals surface area contributed by atoms with E-state index in [1.165, 1.54) is 0 Å². The van der Waals surface area contributed by atoms with Crippen molar-refractivity contribution in [3.05, 3.63) is 11.8 Å². The molecule has 4 heteroatoms. The molecule has 1 atom stereocenters. The molecule has 10 heavy (non-hydrogen) atoms. The average Bonchev–Trinajstić information content (AvgIpc) is 2.13. The van der Waals surface area contributed by atoms with E-state index in [1.54, 1.807) is 6.92 Å². The number of nitrogens with two attached hydrogens (primary N) is 1. The minimum absolute atomic E-state index is 0.0832. The van der Waals surface area contributed by atoms with E-state index < -0.39 is 0 Å². The Morgan fingerprint density at radius 3 is 2.70 bits per heavy atom. The first-order valence-electron chi connectivity index (χ1n) is 3.23. The van der Waals surface area contributed by atoms with Crippen LogP contribution in [0.4, 0.5) is 0 Å². The molecule has 0 bridgehead atoms. The molecule has 1 unspecified atom stereocenters. The molecule has 0 spiro atoms. The maximum absolute atomic E-state index is 5.51. The summed E-state index contributed by atoms with van der Waals surface area (Å²) in [5.41, 5.74) is 5.51. The Morgan fingerprint density at radius 2 is 2.30 bits per heavy atom. The molecule has 1 aromatic rings. The zero-order chi connectivity index (χ0) is 7.56. The van der Waals surface area contributed by atoms with Crippen LogP contribution in [0.2, 0.25) is 0 Å². The lowest BCUT2D eigenvalue weighted by Crippen LogP contribution is -2.17. The van der Waals surface area contributed by atoms with Crippen molar-refractivity contribution in [2.24, 2.45) is 5.73 Å². The summed E-state index contributed by atoms with van der Waals surface area (Å²) in [5, 5.41) is 7.46. The first-order valence-corrected chi connectivity index (χ1v) is 3.23. The zero-order valence-corrected chi connectivity index (χ0v) is 6.16. The second-order valence-electron chi connectivity index (χ2n) is 2.40. The fraction of sp³-hybridized carbons (Fsp3) is 0.667. The van der Waals surface area contributed by atoms with E-state index in [4.69, 9.17) is 10.2 Å². The van der Waals surface area contributed by atoms with Crippen LogP contribution in [0, 0.1) is 6.92 Å². The third kappa shape index (κ3) is 1.80. The molecule has 0 aliphatic heterocycles. The van der Waals surface area contributed by atoms with Gasteiger partial charge in [-0.05, 0) is 6.92 Å². The number of hydrogen-bond acceptors (Lipinski definition) is 4. The molecule has 0 saturated carbocycles. The molecule has 0 aliphatic rings. The normalized spacial score (nSPS) is 13.5. The topological polar surface area (TPSA) is 64.9 Å². The smallest absolute Gasteiger partial charge is 0.218 e. The summed E-state index contributed by atoms with van der Waals surface area (Å²) in [4.78, 5) is 0. The van der Waals surface area contributed by atoms with Gasteiger partial charge in [-0.25, -0.2) is 0 Å². The van der Waals surface area contributed by atoms with Crippen molar-refractivity contribution in [2.45, 2.75) is 26.3 Å². The van der Waals surface area contributed by atoms with Crippen LogP contribution in [0.15, 0.2) is 4.42 Å². The van der Waals surface area contributed by atoms with E-state index in [1.807, 2.05) is 6.92 Å². The monoisotopic (exact) mass is 141 g/mol. The van der Waals surface area contributed by atoms with Crippen LogP contribution in [-0.2, 0) is 6.42 Å². The molecule has 2 N–H and O–H groups in total. The molecule has 0 aromatic carbocycles. The van der Waals surface area contributed by atoms with Gasteiger partial charge in [-0.3, -0.25) is 0 Å². The second-order valence-corrected chi connectivity index (χ2v) is 2.40. The van der Waals surface area contributed by atoms with Crippen molar-refractivity contribution in [1.29, 1.82) is 0 Å². The molecule has 0 amide bonds. The number of hydrogen-bond donors (Lipinski definition) is 1. The van der Waals surface area contributed by atoms with Crippen molar-refractivity contribution in [3.8, 4) is 0 Å². The summed E-state index contributed by atoms with van der Waals surface area (Å²) in [6.07, 6.45) is 0.654. The van der Waals surface area contributed by atoms with Crippen molar-refractivity contribution in [3.63, 3.8) is 0 Å². The van der Waals surface area contributed by atoms with E-state index in [2.05, 4.69) is 10.2 Å². The van der Waals surface area contributed by atoms with Crippen molar-refractivity contribution in [2.75, 3.05) is 0 Å². The van der Waals surface area contributed by atoms with Gasteiger partial charge in [0.25, 0.3) is 0 Å². The largest absolute Gasteiger partial charge is 0.426 e. The molecule has 1 heterocycles. The Balaban J connectivity index is 2.58. The SMILES string of the molecule is Cc1nnc(CC(C)N)o1. The Kier molecular flexibility index (Phi) is 2.01. The molecule has 56 valence electrons. The molecule has 0 fully saturated rings. The Hall–Kier alpha value is -0.900. The maximum atomic E-state index is 5.51. The first kappa shape index (κ1) is 7.21. The van der Waals surface area contributed by atoms with Gasteiger partial charge in [0.15, 0.2) is 0 Å². The van der Waals surface area contributed by atoms with Crippen LogP contribution in [0.25, 0.3) is 0 Å². The standard InChI is InChI=1S/C6H11N3O/c1-4(7)3-6-9-8-5(2)10-6/h4H,3,7H2,1-2H3. The van der Waals surface area contributed by atoms with E-state index in [9.17, 15) is 0 Å². The molecule has 1 rings (SSSR count). The molecular weight excluding hydrogens is 130 g/mol. The maximum Gasteiger partial charge on any atom is 0.218 e. The fourth-order valence-corrected chi connectivity index (χ4v) is 0.695. The number of nitrogens with zero attached hydrogens (tertiary/aromatic N) is 2. The van der Waals surface area contributed by atoms with Gasteiger partial charge in [0.05, 0.1) is 0 Å². The molecule has 0 radical (unpaired) electrons. The van der Waals surface area contributed by atoms with Gasteiger partial charge in [0.1, 0.15) is 0 Å². The van der Waals surface area contributed by atoms with Gasteiger partial charge in [-0.1, -0.05) is 0 Å².